The van der Waals surface area contributed by atoms with Gasteiger partial charge in [-0.25, -0.2) is 4.79 Å². The molecule has 1 aromatic rings. The standard InChI is InChI=1S/C26H37BN4O6/c1-26(2,30-12-14-36-15-13-30)16-21(18-28)24(32)31-11-7-6-10-22(31)19-37-25(33)29-23(17-27(34)35)20-8-4-3-5-9-20/h3-5,8-9,16,22-23,34-35H,6-7,10-15,17,19H2,1-2H3,(H,29,33)/t22-,23-/m1/s1. The van der Waals surface area contributed by atoms with E-state index in [9.17, 15) is 24.9 Å². The van der Waals surface area contributed by atoms with Crippen molar-refractivity contribution in [2.75, 3.05) is 39.5 Å². The van der Waals surface area contributed by atoms with Gasteiger partial charge in [0.05, 0.1) is 25.3 Å². The molecule has 2 atom stereocenters. The zero-order valence-electron chi connectivity index (χ0n) is 21.6. The van der Waals surface area contributed by atoms with E-state index in [1.165, 1.54) is 0 Å². The highest BCUT2D eigenvalue weighted by atomic mass is 16.5. The van der Waals surface area contributed by atoms with Crippen LogP contribution in [0.3, 0.4) is 0 Å². The normalized spacial score (nSPS) is 20.0. The largest absolute Gasteiger partial charge is 0.453 e. The van der Waals surface area contributed by atoms with Crippen LogP contribution in [-0.2, 0) is 14.3 Å². The zero-order chi connectivity index (χ0) is 26.8. The lowest BCUT2D eigenvalue weighted by atomic mass is 9.79. The number of hydrogen-bond donors (Lipinski definition) is 3. The molecule has 2 heterocycles. The maximum Gasteiger partial charge on any atom is 0.453 e. The summed E-state index contributed by atoms with van der Waals surface area (Å²) in [5.74, 6) is -0.358. The average Bonchev–Trinajstić information content (AvgIpc) is 2.90. The Hall–Kier alpha value is -2.91. The van der Waals surface area contributed by atoms with Crippen molar-refractivity contribution in [1.82, 2.24) is 15.1 Å². The molecule has 2 aliphatic rings. The summed E-state index contributed by atoms with van der Waals surface area (Å²) >= 11 is 0. The van der Waals surface area contributed by atoms with Crippen molar-refractivity contribution in [2.45, 2.75) is 57.1 Å². The molecule has 37 heavy (non-hydrogen) atoms. The van der Waals surface area contributed by atoms with Crippen LogP contribution < -0.4 is 5.32 Å². The number of piperidine rings is 1. The number of ether oxygens (including phenoxy) is 2. The molecule has 1 aromatic carbocycles. The Kier molecular flexibility index (Phi) is 10.5. The average molecular weight is 512 g/mol. The van der Waals surface area contributed by atoms with Crippen molar-refractivity contribution in [3.8, 4) is 6.07 Å². The van der Waals surface area contributed by atoms with Crippen LogP contribution in [0.25, 0.3) is 0 Å². The third kappa shape index (κ3) is 8.30. The smallest absolute Gasteiger partial charge is 0.447 e. The number of likely N-dealkylation sites (tertiary alicyclic amines) is 1. The highest BCUT2D eigenvalue weighted by molar-refractivity contribution is 6.41. The highest BCUT2D eigenvalue weighted by Crippen LogP contribution is 2.24. The summed E-state index contributed by atoms with van der Waals surface area (Å²) in [4.78, 5) is 29.8. The minimum Gasteiger partial charge on any atom is -0.447 e. The molecule has 2 aliphatic heterocycles. The van der Waals surface area contributed by atoms with Gasteiger partial charge in [0, 0.05) is 31.5 Å². The van der Waals surface area contributed by atoms with Crippen molar-refractivity contribution < 1.29 is 29.1 Å². The lowest BCUT2D eigenvalue weighted by Crippen LogP contribution is -2.50. The first-order valence-electron chi connectivity index (χ1n) is 12.8. The molecule has 10 nitrogen and oxygen atoms in total. The van der Waals surface area contributed by atoms with Crippen molar-refractivity contribution in [3.63, 3.8) is 0 Å². The van der Waals surface area contributed by atoms with E-state index >= 15 is 0 Å². The van der Waals surface area contributed by atoms with Gasteiger partial charge in [0.15, 0.2) is 0 Å². The van der Waals surface area contributed by atoms with Gasteiger partial charge in [0.1, 0.15) is 18.2 Å². The molecule has 0 bridgehead atoms. The Morgan fingerprint density at radius 2 is 1.95 bits per heavy atom. The highest BCUT2D eigenvalue weighted by Gasteiger charge is 2.33. The molecule has 0 aromatic heterocycles. The second-order valence-electron chi connectivity index (χ2n) is 9.99. The van der Waals surface area contributed by atoms with Crippen LogP contribution in [0.4, 0.5) is 4.79 Å². The number of nitrogens with zero attached hydrogens (tertiary/aromatic N) is 3. The molecule has 0 unspecified atom stereocenters. The van der Waals surface area contributed by atoms with Gasteiger partial charge in [-0.1, -0.05) is 30.3 Å². The van der Waals surface area contributed by atoms with Gasteiger partial charge < -0.3 is 29.7 Å². The number of benzene rings is 1. The number of rotatable bonds is 9. The van der Waals surface area contributed by atoms with Crippen molar-refractivity contribution >= 4 is 19.1 Å². The second-order valence-corrected chi connectivity index (χ2v) is 9.99. The molecular formula is C26H37BN4O6. The molecule has 200 valence electrons. The summed E-state index contributed by atoms with van der Waals surface area (Å²) in [5.41, 5.74) is 0.304. The first-order chi connectivity index (χ1) is 17.7. The second kappa shape index (κ2) is 13.6. The first kappa shape index (κ1) is 28.7. The van der Waals surface area contributed by atoms with Gasteiger partial charge in [-0.2, -0.15) is 5.26 Å². The van der Waals surface area contributed by atoms with E-state index < -0.39 is 24.8 Å². The fraction of sp³-hybridized carbons (Fsp3) is 0.577. The summed E-state index contributed by atoms with van der Waals surface area (Å²) in [5, 5.41) is 31.4. The molecule has 11 heteroatoms. The Morgan fingerprint density at radius 3 is 2.59 bits per heavy atom. The van der Waals surface area contributed by atoms with Crippen LogP contribution in [0.5, 0.6) is 0 Å². The number of hydrogen-bond acceptors (Lipinski definition) is 8. The maximum atomic E-state index is 13.4. The van der Waals surface area contributed by atoms with Gasteiger partial charge in [0.2, 0.25) is 0 Å². The molecule has 0 spiro atoms. The van der Waals surface area contributed by atoms with E-state index in [1.807, 2.05) is 19.9 Å². The third-order valence-electron chi connectivity index (χ3n) is 6.91. The first-order valence-corrected chi connectivity index (χ1v) is 12.8. The van der Waals surface area contributed by atoms with E-state index in [0.717, 1.165) is 25.9 Å². The number of alkyl carbamates (subject to hydrolysis) is 1. The van der Waals surface area contributed by atoms with E-state index in [4.69, 9.17) is 9.47 Å². The number of amides is 2. The van der Waals surface area contributed by atoms with E-state index in [2.05, 4.69) is 16.3 Å². The van der Waals surface area contributed by atoms with Crippen LogP contribution >= 0.6 is 0 Å². The lowest BCUT2D eigenvalue weighted by Gasteiger charge is -2.39. The molecular weight excluding hydrogens is 475 g/mol. The summed E-state index contributed by atoms with van der Waals surface area (Å²) in [7, 11) is -1.60. The predicted molar refractivity (Wildman–Crippen MR) is 138 cm³/mol. The fourth-order valence-electron chi connectivity index (χ4n) is 4.85. The molecule has 0 saturated carbocycles. The molecule has 3 rings (SSSR count). The summed E-state index contributed by atoms with van der Waals surface area (Å²) < 4.78 is 10.9. The van der Waals surface area contributed by atoms with Crippen LogP contribution in [-0.4, -0.2) is 90.0 Å². The van der Waals surface area contributed by atoms with Crippen LogP contribution in [0.2, 0.25) is 6.32 Å². The molecule has 0 radical (unpaired) electrons. The Labute approximate surface area is 219 Å². The minimum absolute atomic E-state index is 0.0215. The van der Waals surface area contributed by atoms with Crippen molar-refractivity contribution in [1.29, 1.82) is 5.26 Å². The van der Waals surface area contributed by atoms with Gasteiger partial charge in [-0.05, 0) is 44.7 Å². The monoisotopic (exact) mass is 512 g/mol. The van der Waals surface area contributed by atoms with Gasteiger partial charge in [-0.3, -0.25) is 9.69 Å². The summed E-state index contributed by atoms with van der Waals surface area (Å²) in [6.45, 7) is 7.10. The van der Waals surface area contributed by atoms with E-state index in [1.54, 1.807) is 35.2 Å². The number of carbonyl (C=O) groups is 2. The number of nitrogens with one attached hydrogen (secondary N) is 1. The van der Waals surface area contributed by atoms with Crippen molar-refractivity contribution in [2.24, 2.45) is 0 Å². The molecule has 0 aliphatic carbocycles. The molecule has 2 fully saturated rings. The van der Waals surface area contributed by atoms with Crippen molar-refractivity contribution in [3.05, 3.63) is 47.5 Å². The quantitative estimate of drug-likeness (QED) is 0.259. The Balaban J connectivity index is 1.64. The van der Waals surface area contributed by atoms with E-state index in [-0.39, 0.29) is 30.4 Å². The number of carbonyl (C=O) groups excluding carboxylic acids is 2. The predicted octanol–water partition coefficient (Wildman–Crippen LogP) is 1.87. The topological polar surface area (TPSA) is 135 Å². The van der Waals surface area contributed by atoms with Gasteiger partial charge >= 0.3 is 13.2 Å². The van der Waals surface area contributed by atoms with Crippen LogP contribution in [0.15, 0.2) is 42.0 Å². The SMILES string of the molecule is CC(C)(C=C(C#N)C(=O)N1CCCC[C@@H]1COC(=O)N[C@H](CB(O)O)c1ccccc1)N1CCOCC1. The lowest BCUT2D eigenvalue weighted by molar-refractivity contribution is -0.131. The van der Waals surface area contributed by atoms with Gasteiger partial charge in [0.25, 0.3) is 5.91 Å². The fourth-order valence-corrected chi connectivity index (χ4v) is 4.85. The zero-order valence-corrected chi connectivity index (χ0v) is 21.6. The van der Waals surface area contributed by atoms with Gasteiger partial charge in [-0.15, -0.1) is 0 Å². The number of nitriles is 1. The molecule has 3 N–H and O–H groups in total. The Morgan fingerprint density at radius 1 is 1.24 bits per heavy atom. The summed E-state index contributed by atoms with van der Waals surface area (Å²) in [6, 6.07) is 10.1. The summed E-state index contributed by atoms with van der Waals surface area (Å²) in [6.07, 6.45) is 3.27. The molecule has 2 amide bonds. The Bertz CT molecular complexity index is 975. The van der Waals surface area contributed by atoms with E-state index in [0.29, 0.717) is 31.7 Å². The maximum absolute atomic E-state index is 13.4. The minimum atomic E-state index is -1.60. The number of morpholine rings is 1. The van der Waals surface area contributed by atoms with Crippen LogP contribution in [0, 0.1) is 11.3 Å². The van der Waals surface area contributed by atoms with Crippen LogP contribution in [0.1, 0.15) is 44.7 Å². The third-order valence-corrected chi connectivity index (χ3v) is 6.91. The molecule has 2 saturated heterocycles.